The molecule has 2 atom stereocenters. The van der Waals surface area contributed by atoms with Crippen LogP contribution in [0, 0.1) is 6.92 Å². The summed E-state index contributed by atoms with van der Waals surface area (Å²) in [5.41, 5.74) is 3.86. The third-order valence-corrected chi connectivity index (χ3v) is 5.84. The Kier molecular flexibility index (Phi) is 4.56. The Balaban J connectivity index is 1.56. The van der Waals surface area contributed by atoms with Gasteiger partial charge in [-0.2, -0.15) is 0 Å². The first-order valence-corrected chi connectivity index (χ1v) is 10.5. The molecule has 3 aromatic heterocycles. The lowest BCUT2D eigenvalue weighted by Gasteiger charge is -2.37. The lowest BCUT2D eigenvalue weighted by Crippen LogP contribution is -2.54. The first-order chi connectivity index (χ1) is 14.4. The number of pyridine rings is 1. The van der Waals surface area contributed by atoms with E-state index >= 15 is 0 Å². The molecule has 1 fully saturated rings. The summed E-state index contributed by atoms with van der Waals surface area (Å²) in [6.07, 6.45) is 3.74. The van der Waals surface area contributed by atoms with Gasteiger partial charge in [-0.15, -0.1) is 0 Å². The monoisotopic (exact) mass is 422 g/mol. The van der Waals surface area contributed by atoms with E-state index in [-0.39, 0.29) is 0 Å². The number of halogens is 1. The smallest absolute Gasteiger partial charge is 0.345 e. The number of benzene rings is 1. The molecule has 0 saturated carbocycles. The standard InChI is InChI=1S/C23H23ClN4O2/c1-13-6-19(24)22-26-20(12-28(22)9-13)18-7-16-4-5-17(8-21(16)30-23(18)29)27-10-14(2)25-15(3)11-27/h4-9,12,14-15,25H,10-11H2,1-3H3/t14-,15+. The van der Waals surface area contributed by atoms with E-state index in [4.69, 9.17) is 16.0 Å². The number of piperazine rings is 1. The molecule has 0 radical (unpaired) electrons. The average Bonchev–Trinajstić information content (AvgIpc) is 3.10. The highest BCUT2D eigenvalue weighted by atomic mass is 35.5. The van der Waals surface area contributed by atoms with Crippen molar-refractivity contribution in [2.45, 2.75) is 32.9 Å². The average molecular weight is 423 g/mol. The SMILES string of the molecule is Cc1cc(Cl)c2nc(-c3cc4ccc(N5C[C@@H](C)N[C@@H](C)C5)cc4oc3=O)cn2c1. The molecule has 1 N–H and O–H groups in total. The van der Waals surface area contributed by atoms with Crippen molar-refractivity contribution in [1.82, 2.24) is 14.7 Å². The van der Waals surface area contributed by atoms with Crippen molar-refractivity contribution in [2.24, 2.45) is 0 Å². The third kappa shape index (κ3) is 3.36. The van der Waals surface area contributed by atoms with Gasteiger partial charge in [0.15, 0.2) is 5.65 Å². The first-order valence-electron chi connectivity index (χ1n) is 10.1. The van der Waals surface area contributed by atoms with E-state index in [2.05, 4.69) is 35.1 Å². The van der Waals surface area contributed by atoms with Gasteiger partial charge < -0.3 is 19.0 Å². The Morgan fingerprint density at radius 2 is 1.90 bits per heavy atom. The first kappa shape index (κ1) is 19.2. The van der Waals surface area contributed by atoms with Gasteiger partial charge in [0.25, 0.3) is 0 Å². The van der Waals surface area contributed by atoms with Gasteiger partial charge in [0.05, 0.1) is 16.3 Å². The summed E-state index contributed by atoms with van der Waals surface area (Å²) in [7, 11) is 0. The van der Waals surface area contributed by atoms with Gasteiger partial charge in [0, 0.05) is 54.7 Å². The second-order valence-electron chi connectivity index (χ2n) is 8.27. The molecule has 0 spiro atoms. The van der Waals surface area contributed by atoms with Gasteiger partial charge in [-0.1, -0.05) is 11.6 Å². The minimum absolute atomic E-state index is 0.405. The fraction of sp³-hybridized carbons (Fsp3) is 0.304. The van der Waals surface area contributed by atoms with Crippen LogP contribution < -0.4 is 15.8 Å². The van der Waals surface area contributed by atoms with E-state index in [9.17, 15) is 4.79 Å². The summed E-state index contributed by atoms with van der Waals surface area (Å²) in [4.78, 5) is 19.7. The number of nitrogens with one attached hydrogen (secondary N) is 1. The van der Waals surface area contributed by atoms with Gasteiger partial charge in [0.2, 0.25) is 0 Å². The molecule has 5 rings (SSSR count). The highest BCUT2D eigenvalue weighted by molar-refractivity contribution is 6.33. The normalized spacial score (nSPS) is 19.7. The third-order valence-electron chi connectivity index (χ3n) is 5.56. The van der Waals surface area contributed by atoms with Crippen molar-refractivity contribution >= 4 is 33.9 Å². The molecule has 1 aromatic carbocycles. The van der Waals surface area contributed by atoms with Crippen molar-refractivity contribution in [3.05, 3.63) is 63.7 Å². The Morgan fingerprint density at radius 1 is 1.13 bits per heavy atom. The predicted molar refractivity (Wildman–Crippen MR) is 121 cm³/mol. The summed E-state index contributed by atoms with van der Waals surface area (Å²) in [5, 5.41) is 4.95. The fourth-order valence-electron chi connectivity index (χ4n) is 4.33. The Morgan fingerprint density at radius 3 is 2.67 bits per heavy atom. The van der Waals surface area contributed by atoms with Crippen LogP contribution in [0.25, 0.3) is 27.9 Å². The minimum Gasteiger partial charge on any atom is -0.422 e. The molecule has 0 aliphatic carbocycles. The Bertz CT molecular complexity index is 1320. The maximum absolute atomic E-state index is 12.8. The van der Waals surface area contributed by atoms with Crippen molar-refractivity contribution in [3.8, 4) is 11.3 Å². The van der Waals surface area contributed by atoms with Gasteiger partial charge in [-0.25, -0.2) is 9.78 Å². The predicted octanol–water partition coefficient (Wildman–Crippen LogP) is 4.26. The van der Waals surface area contributed by atoms with Crippen LogP contribution in [0.4, 0.5) is 5.69 Å². The molecule has 4 aromatic rings. The van der Waals surface area contributed by atoms with Gasteiger partial charge in [0.1, 0.15) is 5.58 Å². The molecule has 1 aliphatic heterocycles. The quantitative estimate of drug-likeness (QED) is 0.489. The highest BCUT2D eigenvalue weighted by Gasteiger charge is 2.22. The molecule has 6 nitrogen and oxygen atoms in total. The zero-order valence-electron chi connectivity index (χ0n) is 17.1. The van der Waals surface area contributed by atoms with Gasteiger partial charge in [-0.3, -0.25) is 0 Å². The number of aryl methyl sites for hydroxylation is 1. The lowest BCUT2D eigenvalue weighted by molar-refractivity contribution is 0.407. The fourth-order valence-corrected chi connectivity index (χ4v) is 4.64. The zero-order valence-corrected chi connectivity index (χ0v) is 17.9. The van der Waals surface area contributed by atoms with Crippen molar-refractivity contribution in [2.75, 3.05) is 18.0 Å². The molecular formula is C23H23ClN4O2. The van der Waals surface area contributed by atoms with Crippen LogP contribution in [0.2, 0.25) is 5.02 Å². The second kappa shape index (κ2) is 7.15. The van der Waals surface area contributed by atoms with Crippen LogP contribution in [0.15, 0.2) is 51.9 Å². The summed E-state index contributed by atoms with van der Waals surface area (Å²) in [6.45, 7) is 8.16. The van der Waals surface area contributed by atoms with Crippen molar-refractivity contribution in [1.29, 1.82) is 0 Å². The van der Waals surface area contributed by atoms with Crippen LogP contribution >= 0.6 is 11.6 Å². The number of hydrogen-bond acceptors (Lipinski definition) is 5. The Labute approximate surface area is 179 Å². The van der Waals surface area contributed by atoms with Crippen LogP contribution in [0.1, 0.15) is 19.4 Å². The van der Waals surface area contributed by atoms with E-state index in [1.165, 1.54) is 0 Å². The number of rotatable bonds is 2. The van der Waals surface area contributed by atoms with Crippen LogP contribution in [0.3, 0.4) is 0 Å². The molecule has 0 bridgehead atoms. The van der Waals surface area contributed by atoms with E-state index in [1.54, 1.807) is 0 Å². The second-order valence-corrected chi connectivity index (χ2v) is 8.67. The maximum Gasteiger partial charge on any atom is 0.345 e. The molecule has 4 heterocycles. The number of anilines is 1. The number of aromatic nitrogens is 2. The maximum atomic E-state index is 12.8. The summed E-state index contributed by atoms with van der Waals surface area (Å²) in [6, 6.07) is 10.6. The molecule has 1 aliphatic rings. The van der Waals surface area contributed by atoms with Crippen molar-refractivity contribution < 1.29 is 4.42 Å². The molecule has 0 amide bonds. The largest absolute Gasteiger partial charge is 0.422 e. The van der Waals surface area contributed by atoms with Crippen LogP contribution in [0.5, 0.6) is 0 Å². The van der Waals surface area contributed by atoms with Crippen LogP contribution in [-0.4, -0.2) is 34.6 Å². The van der Waals surface area contributed by atoms with Gasteiger partial charge >= 0.3 is 5.63 Å². The topological polar surface area (TPSA) is 62.8 Å². The number of imidazole rings is 1. The summed E-state index contributed by atoms with van der Waals surface area (Å²) in [5.74, 6) is 0. The van der Waals surface area contributed by atoms with E-state index in [0.717, 1.165) is 29.7 Å². The van der Waals surface area contributed by atoms with E-state index < -0.39 is 5.63 Å². The van der Waals surface area contributed by atoms with E-state index in [0.29, 0.717) is 39.6 Å². The highest BCUT2D eigenvalue weighted by Crippen LogP contribution is 2.27. The molecule has 30 heavy (non-hydrogen) atoms. The molecule has 0 unspecified atom stereocenters. The molecule has 1 saturated heterocycles. The number of fused-ring (bicyclic) bond motifs is 2. The van der Waals surface area contributed by atoms with E-state index in [1.807, 2.05) is 48.0 Å². The molecule has 7 heteroatoms. The lowest BCUT2D eigenvalue weighted by atomic mass is 10.1. The Hall–Kier alpha value is -2.83. The van der Waals surface area contributed by atoms with Crippen molar-refractivity contribution in [3.63, 3.8) is 0 Å². The summed E-state index contributed by atoms with van der Waals surface area (Å²) >= 11 is 6.32. The summed E-state index contributed by atoms with van der Waals surface area (Å²) < 4.78 is 7.54. The zero-order chi connectivity index (χ0) is 21.0. The molecule has 154 valence electrons. The number of nitrogens with zero attached hydrogens (tertiary/aromatic N) is 3. The van der Waals surface area contributed by atoms with Crippen LogP contribution in [-0.2, 0) is 0 Å². The minimum atomic E-state index is -0.405. The van der Waals surface area contributed by atoms with Gasteiger partial charge in [-0.05, 0) is 50.6 Å². The molecular weight excluding hydrogens is 400 g/mol. The number of hydrogen-bond donors (Lipinski definition) is 1.